The van der Waals surface area contributed by atoms with E-state index in [0.717, 1.165) is 35.9 Å². The second-order valence-corrected chi connectivity index (χ2v) is 7.05. The number of hydrogen-bond acceptors (Lipinski definition) is 5. The largest absolute Gasteiger partial charge is 0.487 e. The van der Waals surface area contributed by atoms with Crippen molar-refractivity contribution in [1.82, 2.24) is 10.3 Å². The number of thiazole rings is 1. The van der Waals surface area contributed by atoms with Crippen LogP contribution in [0.4, 0.5) is 0 Å². The maximum Gasteiger partial charge on any atom is 0.251 e. The summed E-state index contributed by atoms with van der Waals surface area (Å²) in [5.74, 6) is 0.643. The van der Waals surface area contributed by atoms with Crippen LogP contribution in [0.3, 0.4) is 0 Å². The number of hydrogen-bond donors (Lipinski definition) is 1. The molecule has 1 aromatic carbocycles. The van der Waals surface area contributed by atoms with Crippen molar-refractivity contribution in [2.75, 3.05) is 6.61 Å². The highest BCUT2D eigenvalue weighted by Gasteiger charge is 2.23. The topological polar surface area (TPSA) is 60.5 Å². The fourth-order valence-corrected chi connectivity index (χ4v) is 3.31. The molecule has 2 heterocycles. The molecule has 0 saturated carbocycles. The van der Waals surface area contributed by atoms with Crippen molar-refractivity contribution in [1.29, 1.82) is 0 Å². The first-order chi connectivity index (χ1) is 11.6. The summed E-state index contributed by atoms with van der Waals surface area (Å²) in [5, 5.41) is 6.02. The number of ether oxygens (including phenoxy) is 2. The number of amides is 1. The zero-order chi connectivity index (χ0) is 16.9. The molecule has 1 amide bonds. The molecule has 5 nitrogen and oxygen atoms in total. The summed E-state index contributed by atoms with van der Waals surface area (Å²) in [6, 6.07) is 7.19. The van der Waals surface area contributed by atoms with Crippen molar-refractivity contribution in [3.05, 3.63) is 45.9 Å². The van der Waals surface area contributed by atoms with Crippen LogP contribution in [-0.2, 0) is 11.3 Å². The molecule has 1 saturated heterocycles. The first kappa shape index (κ1) is 16.9. The van der Waals surface area contributed by atoms with Crippen LogP contribution in [0.1, 0.15) is 40.8 Å². The summed E-state index contributed by atoms with van der Waals surface area (Å²) in [6.45, 7) is 5.18. The summed E-state index contributed by atoms with van der Waals surface area (Å²) >= 11 is 1.61. The van der Waals surface area contributed by atoms with Gasteiger partial charge in [-0.25, -0.2) is 4.98 Å². The maximum atomic E-state index is 12.3. The maximum absolute atomic E-state index is 12.3. The van der Waals surface area contributed by atoms with E-state index in [9.17, 15) is 4.79 Å². The Morgan fingerprint density at radius 3 is 2.88 bits per heavy atom. The average molecular weight is 346 g/mol. The molecule has 0 spiro atoms. The molecule has 1 aromatic heterocycles. The number of carbonyl (C=O) groups excluding carboxylic acids is 1. The number of nitrogens with one attached hydrogen (secondary N) is 1. The van der Waals surface area contributed by atoms with E-state index >= 15 is 0 Å². The van der Waals surface area contributed by atoms with Crippen molar-refractivity contribution in [2.24, 2.45) is 0 Å². The van der Waals surface area contributed by atoms with Gasteiger partial charge >= 0.3 is 0 Å². The molecule has 3 rings (SSSR count). The third-order valence-corrected chi connectivity index (χ3v) is 4.87. The van der Waals surface area contributed by atoms with Gasteiger partial charge in [0.05, 0.1) is 22.8 Å². The lowest BCUT2D eigenvalue weighted by Gasteiger charge is -2.20. The number of rotatable bonds is 6. The van der Waals surface area contributed by atoms with Crippen LogP contribution in [0, 0.1) is 6.92 Å². The second-order valence-electron chi connectivity index (χ2n) is 5.98. The first-order valence-corrected chi connectivity index (χ1v) is 9.06. The summed E-state index contributed by atoms with van der Waals surface area (Å²) < 4.78 is 11.3. The van der Waals surface area contributed by atoms with Gasteiger partial charge in [0.1, 0.15) is 12.4 Å². The van der Waals surface area contributed by atoms with Gasteiger partial charge in [-0.1, -0.05) is 0 Å². The van der Waals surface area contributed by atoms with Gasteiger partial charge in [-0.15, -0.1) is 11.3 Å². The predicted octanol–water partition coefficient (Wildman–Crippen LogP) is 3.33. The third-order valence-electron chi connectivity index (χ3n) is 4.05. The number of nitrogens with zero attached hydrogens (tertiary/aromatic N) is 1. The molecule has 24 heavy (non-hydrogen) atoms. The van der Waals surface area contributed by atoms with Gasteiger partial charge in [-0.2, -0.15) is 0 Å². The molecule has 6 heteroatoms. The molecule has 1 N–H and O–H groups in total. The van der Waals surface area contributed by atoms with Crippen LogP contribution >= 0.6 is 11.3 Å². The SMILES string of the molecule is Cc1nc(COc2ccc(C(=O)N[C@H](C)[C@@H]3CCCO3)cc2)cs1. The summed E-state index contributed by atoms with van der Waals surface area (Å²) in [6.07, 6.45) is 2.19. The lowest BCUT2D eigenvalue weighted by molar-refractivity contribution is 0.0712. The van der Waals surface area contributed by atoms with E-state index in [1.807, 2.05) is 31.4 Å². The normalized spacial score (nSPS) is 18.3. The van der Waals surface area contributed by atoms with Crippen LogP contribution in [0.25, 0.3) is 0 Å². The standard InChI is InChI=1S/C18H22N2O3S/c1-12(17-4-3-9-22-17)19-18(21)14-5-7-16(8-6-14)23-10-15-11-24-13(2)20-15/h5-8,11-12,17H,3-4,9-10H2,1-2H3,(H,19,21)/t12-,17+/m1/s1. The predicted molar refractivity (Wildman–Crippen MR) is 93.5 cm³/mol. The lowest BCUT2D eigenvalue weighted by atomic mass is 10.1. The summed E-state index contributed by atoms with van der Waals surface area (Å²) in [4.78, 5) is 16.6. The molecule has 0 unspecified atom stereocenters. The van der Waals surface area contributed by atoms with E-state index in [-0.39, 0.29) is 18.1 Å². The van der Waals surface area contributed by atoms with Crippen molar-refractivity contribution in [3.8, 4) is 5.75 Å². The average Bonchev–Trinajstić information content (AvgIpc) is 3.25. The van der Waals surface area contributed by atoms with E-state index in [2.05, 4.69) is 10.3 Å². The van der Waals surface area contributed by atoms with E-state index < -0.39 is 0 Å². The first-order valence-electron chi connectivity index (χ1n) is 8.18. The molecular formula is C18H22N2O3S. The van der Waals surface area contributed by atoms with Crippen molar-refractivity contribution < 1.29 is 14.3 Å². The zero-order valence-corrected chi connectivity index (χ0v) is 14.8. The monoisotopic (exact) mass is 346 g/mol. The van der Waals surface area contributed by atoms with Crippen LogP contribution < -0.4 is 10.1 Å². The molecule has 0 bridgehead atoms. The zero-order valence-electron chi connectivity index (χ0n) is 14.0. The third kappa shape index (κ3) is 4.33. The van der Waals surface area contributed by atoms with Crippen molar-refractivity contribution >= 4 is 17.2 Å². The van der Waals surface area contributed by atoms with Gasteiger partial charge in [0.25, 0.3) is 5.91 Å². The number of carbonyl (C=O) groups is 1. The Kier molecular flexibility index (Phi) is 5.48. The molecule has 0 radical (unpaired) electrons. The van der Waals surface area contributed by atoms with Crippen LogP contribution in [0.15, 0.2) is 29.6 Å². The Labute approximate surface area is 146 Å². The molecular weight excluding hydrogens is 324 g/mol. The highest BCUT2D eigenvalue weighted by molar-refractivity contribution is 7.09. The van der Waals surface area contributed by atoms with Gasteiger partial charge in [0.15, 0.2) is 0 Å². The molecule has 1 aliphatic rings. The minimum atomic E-state index is -0.0836. The molecule has 2 atom stereocenters. The summed E-state index contributed by atoms with van der Waals surface area (Å²) in [5.41, 5.74) is 1.54. The molecule has 2 aromatic rings. The molecule has 1 fully saturated rings. The number of benzene rings is 1. The van der Waals surface area contributed by atoms with Gasteiger partial charge < -0.3 is 14.8 Å². The van der Waals surface area contributed by atoms with E-state index in [1.54, 1.807) is 23.5 Å². The fourth-order valence-electron chi connectivity index (χ4n) is 2.71. The summed E-state index contributed by atoms with van der Waals surface area (Å²) in [7, 11) is 0. The van der Waals surface area contributed by atoms with Crippen LogP contribution in [0.5, 0.6) is 5.75 Å². The highest BCUT2D eigenvalue weighted by atomic mass is 32.1. The van der Waals surface area contributed by atoms with Gasteiger partial charge in [-0.3, -0.25) is 4.79 Å². The van der Waals surface area contributed by atoms with Crippen LogP contribution in [0.2, 0.25) is 0 Å². The minimum absolute atomic E-state index is 0.0174. The lowest BCUT2D eigenvalue weighted by Crippen LogP contribution is -2.40. The van der Waals surface area contributed by atoms with Crippen molar-refractivity contribution in [2.45, 2.75) is 45.4 Å². The smallest absolute Gasteiger partial charge is 0.251 e. The Bertz CT molecular complexity index is 678. The Morgan fingerprint density at radius 2 is 2.25 bits per heavy atom. The molecule has 128 valence electrons. The Balaban J connectivity index is 1.52. The highest BCUT2D eigenvalue weighted by Crippen LogP contribution is 2.18. The van der Waals surface area contributed by atoms with E-state index in [1.165, 1.54) is 0 Å². The quantitative estimate of drug-likeness (QED) is 0.871. The fraction of sp³-hybridized carbons (Fsp3) is 0.444. The number of aromatic nitrogens is 1. The minimum Gasteiger partial charge on any atom is -0.487 e. The number of aryl methyl sites for hydroxylation is 1. The Morgan fingerprint density at radius 1 is 1.46 bits per heavy atom. The van der Waals surface area contributed by atoms with E-state index in [4.69, 9.17) is 9.47 Å². The van der Waals surface area contributed by atoms with Crippen molar-refractivity contribution in [3.63, 3.8) is 0 Å². The molecule has 0 aliphatic carbocycles. The second kappa shape index (κ2) is 7.77. The Hall–Kier alpha value is -1.92. The van der Waals surface area contributed by atoms with Gasteiger partial charge in [0.2, 0.25) is 0 Å². The van der Waals surface area contributed by atoms with Gasteiger partial charge in [-0.05, 0) is 51.0 Å². The van der Waals surface area contributed by atoms with E-state index in [0.29, 0.717) is 12.2 Å². The molecule has 1 aliphatic heterocycles. The van der Waals surface area contributed by atoms with Crippen LogP contribution in [-0.4, -0.2) is 29.6 Å². The van der Waals surface area contributed by atoms with Gasteiger partial charge in [0, 0.05) is 17.6 Å².